The maximum absolute atomic E-state index is 10.3. The summed E-state index contributed by atoms with van der Waals surface area (Å²) in [6.07, 6.45) is 1.11. The number of aliphatic carboxylic acids is 1. The molecule has 4 heteroatoms. The third kappa shape index (κ3) is 3.45. The summed E-state index contributed by atoms with van der Waals surface area (Å²) in [4.78, 5) is 10.3. The quantitative estimate of drug-likeness (QED) is 0.731. The Balaban J connectivity index is 2.16. The van der Waals surface area contributed by atoms with Gasteiger partial charge in [-0.25, -0.2) is 0 Å². The molecule has 0 aliphatic carbocycles. The van der Waals surface area contributed by atoms with E-state index in [2.05, 4.69) is 0 Å². The minimum Gasteiger partial charge on any atom is -0.481 e. The molecule has 1 fully saturated rings. The van der Waals surface area contributed by atoms with Gasteiger partial charge in [0, 0.05) is 12.2 Å². The van der Waals surface area contributed by atoms with Crippen molar-refractivity contribution in [3.8, 4) is 0 Å². The molecule has 1 rings (SSSR count). The summed E-state index contributed by atoms with van der Waals surface area (Å²) in [6, 6.07) is 0. The van der Waals surface area contributed by atoms with E-state index in [1.54, 1.807) is 11.8 Å². The fourth-order valence-corrected chi connectivity index (χ4v) is 2.37. The number of hydrogen-bond acceptors (Lipinski definition) is 3. The molecule has 70 valence electrons. The zero-order chi connectivity index (χ0) is 8.97. The molecule has 0 aromatic heterocycles. The molecule has 0 amide bonds. The van der Waals surface area contributed by atoms with Crippen LogP contribution in [-0.2, 0) is 9.53 Å². The van der Waals surface area contributed by atoms with Crippen LogP contribution in [0.25, 0.3) is 0 Å². The predicted octanol–water partition coefficient (Wildman–Crippen LogP) is 1.58. The van der Waals surface area contributed by atoms with Crippen LogP contribution in [0.4, 0.5) is 0 Å². The van der Waals surface area contributed by atoms with Gasteiger partial charge in [-0.1, -0.05) is 6.92 Å². The average Bonchev–Trinajstić information content (AvgIpc) is 2.37. The lowest BCUT2D eigenvalue weighted by atomic mass is 10.1. The van der Waals surface area contributed by atoms with E-state index in [1.165, 1.54) is 0 Å². The number of thioether (sulfide) groups is 1. The van der Waals surface area contributed by atoms with Crippen molar-refractivity contribution in [2.24, 2.45) is 5.92 Å². The maximum atomic E-state index is 10.3. The SMILES string of the molecule is CC(CC(=O)O)CC1OCCS1. The summed E-state index contributed by atoms with van der Waals surface area (Å²) in [5, 5.41) is 8.51. The van der Waals surface area contributed by atoms with Gasteiger partial charge in [-0.2, -0.15) is 0 Å². The number of carboxylic acids is 1. The number of rotatable bonds is 4. The number of carboxylic acid groups (broad SMARTS) is 1. The van der Waals surface area contributed by atoms with E-state index in [0.29, 0.717) is 0 Å². The molecule has 3 nitrogen and oxygen atoms in total. The van der Waals surface area contributed by atoms with Gasteiger partial charge in [0.25, 0.3) is 0 Å². The number of hydrogen-bond donors (Lipinski definition) is 1. The second-order valence-electron chi connectivity index (χ2n) is 3.11. The molecule has 1 heterocycles. The number of carbonyl (C=O) groups is 1. The lowest BCUT2D eigenvalue weighted by Gasteiger charge is -2.12. The Morgan fingerprint density at radius 3 is 3.08 bits per heavy atom. The summed E-state index contributed by atoms with van der Waals surface area (Å²) >= 11 is 1.78. The highest BCUT2D eigenvalue weighted by molar-refractivity contribution is 7.99. The van der Waals surface area contributed by atoms with Crippen LogP contribution in [0.15, 0.2) is 0 Å². The largest absolute Gasteiger partial charge is 0.481 e. The van der Waals surface area contributed by atoms with Gasteiger partial charge in [0.15, 0.2) is 0 Å². The summed E-state index contributed by atoms with van der Waals surface area (Å²) < 4.78 is 5.38. The van der Waals surface area contributed by atoms with Gasteiger partial charge in [0.1, 0.15) is 5.44 Å². The van der Waals surface area contributed by atoms with Gasteiger partial charge in [0.05, 0.1) is 6.61 Å². The van der Waals surface area contributed by atoms with Crippen LogP contribution in [0.5, 0.6) is 0 Å². The lowest BCUT2D eigenvalue weighted by molar-refractivity contribution is -0.138. The van der Waals surface area contributed by atoms with E-state index in [9.17, 15) is 4.79 Å². The van der Waals surface area contributed by atoms with Gasteiger partial charge in [-0.3, -0.25) is 4.79 Å². The summed E-state index contributed by atoms with van der Waals surface area (Å²) in [5.74, 6) is 0.549. The summed E-state index contributed by atoms with van der Waals surface area (Å²) in [6.45, 7) is 2.77. The van der Waals surface area contributed by atoms with Crippen molar-refractivity contribution in [2.45, 2.75) is 25.2 Å². The Kier molecular flexibility index (Phi) is 3.88. The van der Waals surface area contributed by atoms with Crippen LogP contribution in [-0.4, -0.2) is 28.9 Å². The van der Waals surface area contributed by atoms with E-state index in [1.807, 2.05) is 6.92 Å². The molecule has 1 aliphatic heterocycles. The van der Waals surface area contributed by atoms with Gasteiger partial charge in [0.2, 0.25) is 0 Å². The van der Waals surface area contributed by atoms with Crippen LogP contribution in [0.1, 0.15) is 19.8 Å². The zero-order valence-corrected chi connectivity index (χ0v) is 7.97. The van der Waals surface area contributed by atoms with Crippen LogP contribution in [0.3, 0.4) is 0 Å². The highest BCUT2D eigenvalue weighted by Crippen LogP contribution is 2.26. The zero-order valence-electron chi connectivity index (χ0n) is 7.16. The lowest BCUT2D eigenvalue weighted by Crippen LogP contribution is -2.11. The van der Waals surface area contributed by atoms with Crippen LogP contribution < -0.4 is 0 Å². The third-order valence-corrected chi connectivity index (χ3v) is 2.91. The van der Waals surface area contributed by atoms with E-state index in [4.69, 9.17) is 9.84 Å². The van der Waals surface area contributed by atoms with E-state index < -0.39 is 5.97 Å². The number of ether oxygens (including phenoxy) is 1. The highest BCUT2D eigenvalue weighted by Gasteiger charge is 2.19. The molecule has 0 saturated carbocycles. The molecule has 0 aromatic rings. The molecule has 0 radical (unpaired) electrons. The van der Waals surface area contributed by atoms with Gasteiger partial charge in [-0.05, 0) is 12.3 Å². The van der Waals surface area contributed by atoms with Crippen LogP contribution in [0.2, 0.25) is 0 Å². The molecule has 1 N–H and O–H groups in total. The Labute approximate surface area is 76.5 Å². The van der Waals surface area contributed by atoms with Crippen LogP contribution >= 0.6 is 11.8 Å². The molecule has 0 bridgehead atoms. The normalized spacial score (nSPS) is 25.6. The van der Waals surface area contributed by atoms with Gasteiger partial charge in [-0.15, -0.1) is 11.8 Å². The Hall–Kier alpha value is -0.220. The minimum absolute atomic E-state index is 0.220. The van der Waals surface area contributed by atoms with Crippen molar-refractivity contribution < 1.29 is 14.6 Å². The second kappa shape index (κ2) is 4.72. The first-order valence-electron chi connectivity index (χ1n) is 4.13. The highest BCUT2D eigenvalue weighted by atomic mass is 32.2. The monoisotopic (exact) mass is 190 g/mol. The Bertz CT molecular complexity index is 154. The topological polar surface area (TPSA) is 46.5 Å². The molecule has 2 atom stereocenters. The first-order valence-corrected chi connectivity index (χ1v) is 5.18. The molecule has 0 spiro atoms. The summed E-state index contributed by atoms with van der Waals surface area (Å²) in [7, 11) is 0. The van der Waals surface area contributed by atoms with Crippen molar-refractivity contribution in [3.63, 3.8) is 0 Å². The van der Waals surface area contributed by atoms with Gasteiger partial charge < -0.3 is 9.84 Å². The van der Waals surface area contributed by atoms with Crippen molar-refractivity contribution in [1.82, 2.24) is 0 Å². The molecular formula is C8H14O3S. The smallest absolute Gasteiger partial charge is 0.303 e. The standard InChI is InChI=1S/C8H14O3S/c1-6(4-7(9)10)5-8-11-2-3-12-8/h6,8H,2-5H2,1H3,(H,9,10). The minimum atomic E-state index is -0.717. The van der Waals surface area contributed by atoms with Crippen molar-refractivity contribution >= 4 is 17.7 Å². The van der Waals surface area contributed by atoms with Crippen molar-refractivity contribution in [1.29, 1.82) is 0 Å². The summed E-state index contributed by atoms with van der Waals surface area (Å²) in [5.41, 5.74) is 0.236. The van der Waals surface area contributed by atoms with E-state index in [-0.39, 0.29) is 17.8 Å². The molecule has 1 aliphatic rings. The first-order chi connectivity index (χ1) is 5.68. The molecule has 1 saturated heterocycles. The fourth-order valence-electron chi connectivity index (χ4n) is 1.25. The Morgan fingerprint density at radius 2 is 2.58 bits per heavy atom. The second-order valence-corrected chi connectivity index (χ2v) is 4.38. The average molecular weight is 190 g/mol. The molecule has 12 heavy (non-hydrogen) atoms. The van der Waals surface area contributed by atoms with Crippen LogP contribution in [0, 0.1) is 5.92 Å². The van der Waals surface area contributed by atoms with Crippen molar-refractivity contribution in [3.05, 3.63) is 0 Å². The third-order valence-electron chi connectivity index (χ3n) is 1.81. The fraction of sp³-hybridized carbons (Fsp3) is 0.875. The van der Waals surface area contributed by atoms with Gasteiger partial charge >= 0.3 is 5.97 Å². The Morgan fingerprint density at radius 1 is 1.83 bits per heavy atom. The molecule has 2 unspecified atom stereocenters. The molecular weight excluding hydrogens is 176 g/mol. The van der Waals surface area contributed by atoms with E-state index >= 15 is 0 Å². The predicted molar refractivity (Wildman–Crippen MR) is 48.2 cm³/mol. The van der Waals surface area contributed by atoms with Crippen molar-refractivity contribution in [2.75, 3.05) is 12.4 Å². The maximum Gasteiger partial charge on any atom is 0.303 e. The van der Waals surface area contributed by atoms with E-state index in [0.717, 1.165) is 18.8 Å². The molecule has 0 aromatic carbocycles. The first kappa shape index (κ1) is 9.86.